The van der Waals surface area contributed by atoms with Gasteiger partial charge in [-0.2, -0.15) is 0 Å². The smallest absolute Gasteiger partial charge is 0.244 e. The summed E-state index contributed by atoms with van der Waals surface area (Å²) in [7, 11) is -3.80. The van der Waals surface area contributed by atoms with Crippen molar-refractivity contribution in [3.05, 3.63) is 44.1 Å². The first-order valence-electron chi connectivity index (χ1n) is 6.14. The fourth-order valence-corrected chi connectivity index (χ4v) is 4.92. The Bertz CT molecular complexity index is 734. The molecule has 0 fully saturated rings. The van der Waals surface area contributed by atoms with Crippen molar-refractivity contribution in [2.24, 2.45) is 0 Å². The highest BCUT2D eigenvalue weighted by atomic mass is 35.5. The number of nitrogens with two attached hydrogens (primary N) is 1. The highest BCUT2D eigenvalue weighted by molar-refractivity contribution is 7.89. The van der Waals surface area contributed by atoms with Crippen LogP contribution in [0, 0.1) is 0 Å². The summed E-state index contributed by atoms with van der Waals surface area (Å²) in [6, 6.07) is 4.71. The molecule has 1 heterocycles. The molecule has 4 nitrogen and oxygen atoms in total. The van der Waals surface area contributed by atoms with E-state index in [1.807, 2.05) is 18.4 Å². The molecule has 0 aliphatic heterocycles. The molecule has 1 aromatic carbocycles. The summed E-state index contributed by atoms with van der Waals surface area (Å²) in [5, 5.41) is 2.24. The van der Waals surface area contributed by atoms with Gasteiger partial charge in [0.2, 0.25) is 10.0 Å². The minimum atomic E-state index is -3.80. The third-order valence-corrected chi connectivity index (χ3v) is 6.06. The number of nitrogens with one attached hydrogen (secondary N) is 1. The predicted molar refractivity (Wildman–Crippen MR) is 88.6 cm³/mol. The lowest BCUT2D eigenvalue weighted by atomic mass is 10.2. The number of thiophene rings is 1. The molecule has 0 aliphatic rings. The molecule has 1 aromatic heterocycles. The zero-order chi connectivity index (χ0) is 15.6. The molecule has 114 valence electrons. The van der Waals surface area contributed by atoms with Crippen molar-refractivity contribution in [3.63, 3.8) is 0 Å². The number of benzene rings is 1. The van der Waals surface area contributed by atoms with Crippen LogP contribution in [0.2, 0.25) is 10.0 Å². The molecule has 0 bridgehead atoms. The quantitative estimate of drug-likeness (QED) is 0.794. The van der Waals surface area contributed by atoms with Crippen molar-refractivity contribution in [3.8, 4) is 0 Å². The van der Waals surface area contributed by atoms with Gasteiger partial charge in [0, 0.05) is 16.4 Å². The van der Waals surface area contributed by atoms with Crippen molar-refractivity contribution >= 4 is 50.2 Å². The maximum Gasteiger partial charge on any atom is 0.244 e. The monoisotopic (exact) mass is 364 g/mol. The fourth-order valence-electron chi connectivity index (χ4n) is 1.93. The number of nitrogen functional groups attached to an aromatic ring is 1. The van der Waals surface area contributed by atoms with Crippen molar-refractivity contribution in [1.29, 1.82) is 0 Å². The molecular weight excluding hydrogens is 351 g/mol. The Balaban J connectivity index is 2.27. The molecule has 0 spiro atoms. The molecule has 2 aromatic rings. The lowest BCUT2D eigenvalue weighted by Crippen LogP contribution is -2.24. The third kappa shape index (κ3) is 3.70. The van der Waals surface area contributed by atoms with E-state index >= 15 is 0 Å². The van der Waals surface area contributed by atoms with Crippen molar-refractivity contribution in [1.82, 2.24) is 4.72 Å². The molecule has 0 aliphatic carbocycles. The van der Waals surface area contributed by atoms with Crippen LogP contribution in [0.1, 0.15) is 17.4 Å². The Kier molecular flexibility index (Phi) is 5.16. The predicted octanol–water partition coefficient (Wildman–Crippen LogP) is 3.68. The topological polar surface area (TPSA) is 72.2 Å². The highest BCUT2D eigenvalue weighted by Crippen LogP contribution is 2.31. The van der Waals surface area contributed by atoms with E-state index < -0.39 is 10.0 Å². The second-order valence-corrected chi connectivity index (χ2v) is 7.90. The lowest BCUT2D eigenvalue weighted by molar-refractivity contribution is 0.582. The number of anilines is 1. The molecule has 0 amide bonds. The number of hydrogen-bond donors (Lipinski definition) is 2. The van der Waals surface area contributed by atoms with Gasteiger partial charge < -0.3 is 5.73 Å². The molecule has 0 unspecified atom stereocenters. The molecule has 3 N–H and O–H groups in total. The second-order valence-electron chi connectivity index (χ2n) is 4.35. The van der Waals surface area contributed by atoms with Crippen LogP contribution in [0.3, 0.4) is 0 Å². The average Bonchev–Trinajstić information content (AvgIpc) is 2.82. The number of sulfonamides is 1. The van der Waals surface area contributed by atoms with Gasteiger partial charge in [0.25, 0.3) is 0 Å². The van der Waals surface area contributed by atoms with E-state index in [1.54, 1.807) is 0 Å². The second kappa shape index (κ2) is 6.54. The summed E-state index contributed by atoms with van der Waals surface area (Å²) in [6.07, 6.45) is 0.852. The van der Waals surface area contributed by atoms with Crippen LogP contribution in [0.4, 0.5) is 5.69 Å². The van der Waals surface area contributed by atoms with E-state index in [0.717, 1.165) is 16.9 Å². The Morgan fingerprint density at radius 1 is 1.33 bits per heavy atom. The summed E-state index contributed by atoms with van der Waals surface area (Å²) in [5.74, 6) is 0. The summed E-state index contributed by atoms with van der Waals surface area (Å²) in [6.45, 7) is 2.23. The zero-order valence-electron chi connectivity index (χ0n) is 11.2. The first-order chi connectivity index (χ1) is 9.85. The number of aryl methyl sites for hydroxylation is 1. The zero-order valence-corrected chi connectivity index (χ0v) is 14.3. The molecule has 2 rings (SSSR count). The van der Waals surface area contributed by atoms with Crippen LogP contribution >= 0.6 is 34.5 Å². The summed E-state index contributed by atoms with van der Waals surface area (Å²) < 4.78 is 27.3. The first-order valence-corrected chi connectivity index (χ1v) is 9.26. The minimum absolute atomic E-state index is 0.00870. The SMILES string of the molecule is CCc1ccsc1CNS(=O)(=O)c1c(N)cc(Cl)cc1Cl. The molecule has 0 saturated carbocycles. The van der Waals surface area contributed by atoms with Gasteiger partial charge in [-0.05, 0) is 35.6 Å². The van der Waals surface area contributed by atoms with E-state index in [9.17, 15) is 8.42 Å². The average molecular weight is 365 g/mol. The number of hydrogen-bond acceptors (Lipinski definition) is 4. The Labute approximate surface area is 137 Å². The van der Waals surface area contributed by atoms with Gasteiger partial charge in [-0.25, -0.2) is 13.1 Å². The number of halogens is 2. The molecule has 0 atom stereocenters. The van der Waals surface area contributed by atoms with Gasteiger partial charge in [0.15, 0.2) is 0 Å². The van der Waals surface area contributed by atoms with Crippen molar-refractivity contribution in [2.45, 2.75) is 24.8 Å². The lowest BCUT2D eigenvalue weighted by Gasteiger charge is -2.11. The van der Waals surface area contributed by atoms with Crippen molar-refractivity contribution < 1.29 is 8.42 Å². The van der Waals surface area contributed by atoms with Crippen LogP contribution in [0.15, 0.2) is 28.5 Å². The van der Waals surface area contributed by atoms with Crippen molar-refractivity contribution in [2.75, 3.05) is 5.73 Å². The Morgan fingerprint density at radius 2 is 2.05 bits per heavy atom. The van der Waals surface area contributed by atoms with Crippen LogP contribution in [0.25, 0.3) is 0 Å². The standard InChI is InChI=1S/C13H14Cl2N2O2S2/c1-2-8-3-4-20-12(8)7-17-21(18,19)13-10(15)5-9(14)6-11(13)16/h3-6,17H,2,7,16H2,1H3. The molecule has 0 radical (unpaired) electrons. The highest BCUT2D eigenvalue weighted by Gasteiger charge is 2.22. The summed E-state index contributed by atoms with van der Waals surface area (Å²) in [4.78, 5) is 0.841. The molecule has 21 heavy (non-hydrogen) atoms. The van der Waals surface area contributed by atoms with Crippen LogP contribution in [-0.2, 0) is 23.0 Å². The molecule has 8 heteroatoms. The van der Waals surface area contributed by atoms with Crippen LogP contribution in [-0.4, -0.2) is 8.42 Å². The summed E-state index contributed by atoms with van der Waals surface area (Å²) >= 11 is 13.3. The van der Waals surface area contributed by atoms with Gasteiger partial charge in [-0.3, -0.25) is 0 Å². The van der Waals surface area contributed by atoms with Gasteiger partial charge in [-0.15, -0.1) is 11.3 Å². The van der Waals surface area contributed by atoms with Gasteiger partial charge in [-0.1, -0.05) is 30.1 Å². The van der Waals surface area contributed by atoms with Gasteiger partial charge in [0.1, 0.15) is 4.90 Å². The molecular formula is C13H14Cl2N2O2S2. The first kappa shape index (κ1) is 16.6. The normalized spacial score (nSPS) is 11.8. The fraction of sp³-hybridized carbons (Fsp3) is 0.231. The van der Waals surface area contributed by atoms with Crippen LogP contribution in [0.5, 0.6) is 0 Å². The Morgan fingerprint density at radius 3 is 2.67 bits per heavy atom. The third-order valence-electron chi connectivity index (χ3n) is 2.95. The van der Waals surface area contributed by atoms with E-state index in [4.69, 9.17) is 28.9 Å². The van der Waals surface area contributed by atoms with E-state index in [-0.39, 0.29) is 22.2 Å². The van der Waals surface area contributed by atoms with Gasteiger partial charge >= 0.3 is 0 Å². The molecule has 0 saturated heterocycles. The maximum atomic E-state index is 12.4. The Hall–Kier alpha value is -0.790. The number of rotatable bonds is 5. The van der Waals surface area contributed by atoms with E-state index in [0.29, 0.717) is 5.02 Å². The largest absolute Gasteiger partial charge is 0.398 e. The van der Waals surface area contributed by atoms with Gasteiger partial charge in [0.05, 0.1) is 10.7 Å². The van der Waals surface area contributed by atoms with E-state index in [2.05, 4.69) is 4.72 Å². The van der Waals surface area contributed by atoms with E-state index in [1.165, 1.54) is 23.5 Å². The maximum absolute atomic E-state index is 12.4. The van der Waals surface area contributed by atoms with Crippen LogP contribution < -0.4 is 10.5 Å². The summed E-state index contributed by atoms with van der Waals surface area (Å²) in [5.41, 5.74) is 6.88. The minimum Gasteiger partial charge on any atom is -0.398 e.